The van der Waals surface area contributed by atoms with Crippen LogP contribution in [-0.4, -0.2) is 136 Å². The van der Waals surface area contributed by atoms with Crippen LogP contribution in [0.2, 0.25) is 0 Å². The SMILES string of the molecule is CC(C)C(NC(=O)CCOCCC(=O)NCCN(CCNC(C)(C)C)CCN(C)C)C(=O)NC(CCCNC(N)=O)C(=O)Nc1ccc(COC(=O)C(C)(C)C)cc1. The summed E-state index contributed by atoms with van der Waals surface area (Å²) in [6, 6.07) is 4.09. The zero-order chi connectivity index (χ0) is 43.9. The summed E-state index contributed by atoms with van der Waals surface area (Å²) in [6.45, 7) is 20.5. The lowest BCUT2D eigenvalue weighted by Crippen LogP contribution is -2.54. The number of amides is 6. The van der Waals surface area contributed by atoms with E-state index < -0.39 is 41.3 Å². The summed E-state index contributed by atoms with van der Waals surface area (Å²) in [7, 11) is 4.07. The van der Waals surface area contributed by atoms with Gasteiger partial charge in [-0.25, -0.2) is 4.79 Å². The van der Waals surface area contributed by atoms with Crippen LogP contribution in [0.25, 0.3) is 0 Å². The normalized spacial score (nSPS) is 12.8. The second-order valence-corrected chi connectivity index (χ2v) is 17.1. The summed E-state index contributed by atoms with van der Waals surface area (Å²) >= 11 is 0. The molecule has 0 saturated carbocycles. The van der Waals surface area contributed by atoms with E-state index in [1.807, 2.05) is 14.1 Å². The predicted molar refractivity (Wildman–Crippen MR) is 226 cm³/mol. The van der Waals surface area contributed by atoms with Crippen molar-refractivity contribution in [1.29, 1.82) is 0 Å². The highest BCUT2D eigenvalue weighted by molar-refractivity contribution is 5.98. The molecule has 1 aromatic rings. The molecule has 6 amide bonds. The van der Waals surface area contributed by atoms with E-state index in [4.69, 9.17) is 15.2 Å². The van der Waals surface area contributed by atoms with Gasteiger partial charge in [0.2, 0.25) is 23.6 Å². The van der Waals surface area contributed by atoms with Crippen molar-refractivity contribution >= 4 is 41.3 Å². The molecule has 0 spiro atoms. The highest BCUT2D eigenvalue weighted by Gasteiger charge is 2.29. The lowest BCUT2D eigenvalue weighted by atomic mass is 9.97. The fraction of sp³-hybridized carbons (Fsp3) is 0.707. The summed E-state index contributed by atoms with van der Waals surface area (Å²) < 4.78 is 10.9. The molecule has 1 rings (SSSR count). The molecule has 58 heavy (non-hydrogen) atoms. The van der Waals surface area contributed by atoms with E-state index >= 15 is 0 Å². The minimum Gasteiger partial charge on any atom is -0.460 e. The minimum atomic E-state index is -1.01. The lowest BCUT2D eigenvalue weighted by Gasteiger charge is -2.27. The topological polar surface area (TPSA) is 226 Å². The maximum Gasteiger partial charge on any atom is 0.312 e. The number of esters is 1. The van der Waals surface area contributed by atoms with E-state index in [-0.39, 0.29) is 69.0 Å². The van der Waals surface area contributed by atoms with Crippen LogP contribution in [0.4, 0.5) is 10.5 Å². The fourth-order valence-electron chi connectivity index (χ4n) is 5.25. The van der Waals surface area contributed by atoms with Crippen molar-refractivity contribution in [2.75, 3.05) is 78.4 Å². The second-order valence-electron chi connectivity index (χ2n) is 17.1. The number of carbonyl (C=O) groups is 6. The monoisotopic (exact) mass is 820 g/mol. The molecule has 2 atom stereocenters. The average molecular weight is 820 g/mol. The van der Waals surface area contributed by atoms with Crippen molar-refractivity contribution in [3.05, 3.63) is 29.8 Å². The van der Waals surface area contributed by atoms with E-state index in [1.165, 1.54) is 0 Å². The molecule has 330 valence electrons. The van der Waals surface area contributed by atoms with Crippen molar-refractivity contribution in [3.63, 3.8) is 0 Å². The van der Waals surface area contributed by atoms with Crippen LogP contribution in [0, 0.1) is 11.3 Å². The molecule has 0 heterocycles. The Morgan fingerprint density at radius 1 is 0.759 bits per heavy atom. The molecule has 17 nitrogen and oxygen atoms in total. The summed E-state index contributed by atoms with van der Waals surface area (Å²) in [5.41, 5.74) is 5.76. The molecule has 8 N–H and O–H groups in total. The molecular weight excluding hydrogens is 747 g/mol. The molecule has 0 aliphatic rings. The number of benzene rings is 1. The summed E-state index contributed by atoms with van der Waals surface area (Å²) in [5, 5.41) is 17.2. The highest BCUT2D eigenvalue weighted by Crippen LogP contribution is 2.18. The van der Waals surface area contributed by atoms with Gasteiger partial charge in [0.25, 0.3) is 0 Å². The molecule has 0 aliphatic heterocycles. The fourth-order valence-corrected chi connectivity index (χ4v) is 5.25. The Labute approximate surface area is 346 Å². The van der Waals surface area contributed by atoms with E-state index in [0.717, 1.165) is 38.3 Å². The van der Waals surface area contributed by atoms with Crippen LogP contribution in [-0.2, 0) is 40.1 Å². The number of carbonyl (C=O) groups excluding carboxylic acids is 6. The molecule has 0 saturated heterocycles. The Kier molecular flexibility index (Phi) is 23.7. The van der Waals surface area contributed by atoms with Crippen LogP contribution < -0.4 is 37.6 Å². The van der Waals surface area contributed by atoms with Gasteiger partial charge in [-0.3, -0.25) is 28.9 Å². The molecule has 0 fully saturated rings. The molecule has 17 heteroatoms. The third kappa shape index (κ3) is 24.5. The number of hydrogen-bond acceptors (Lipinski definition) is 11. The third-order valence-electron chi connectivity index (χ3n) is 8.72. The van der Waals surface area contributed by atoms with Gasteiger partial charge < -0.3 is 52.0 Å². The van der Waals surface area contributed by atoms with Crippen LogP contribution in [0.3, 0.4) is 0 Å². The molecule has 0 bridgehead atoms. The zero-order valence-corrected chi connectivity index (χ0v) is 36.7. The van der Waals surface area contributed by atoms with E-state index in [0.29, 0.717) is 18.7 Å². The summed E-state index contributed by atoms with van der Waals surface area (Å²) in [4.78, 5) is 79.9. The van der Waals surface area contributed by atoms with Crippen molar-refractivity contribution in [2.24, 2.45) is 17.1 Å². The Morgan fingerprint density at radius 3 is 1.95 bits per heavy atom. The highest BCUT2D eigenvalue weighted by atomic mass is 16.5. The Bertz CT molecular complexity index is 1430. The first kappa shape index (κ1) is 51.7. The van der Waals surface area contributed by atoms with Gasteiger partial charge in [-0.05, 0) is 92.1 Å². The van der Waals surface area contributed by atoms with Crippen LogP contribution in [0.5, 0.6) is 0 Å². The number of nitrogens with one attached hydrogen (secondary N) is 6. The second kappa shape index (κ2) is 26.6. The Balaban J connectivity index is 2.65. The van der Waals surface area contributed by atoms with Gasteiger partial charge in [-0.1, -0.05) is 26.0 Å². The van der Waals surface area contributed by atoms with Crippen molar-refractivity contribution in [2.45, 2.75) is 105 Å². The van der Waals surface area contributed by atoms with Gasteiger partial charge in [-0.15, -0.1) is 0 Å². The smallest absolute Gasteiger partial charge is 0.312 e. The molecule has 0 radical (unpaired) electrons. The number of nitrogens with two attached hydrogens (primary N) is 1. The van der Waals surface area contributed by atoms with Gasteiger partial charge in [0.05, 0.1) is 18.6 Å². The molecule has 0 aromatic heterocycles. The van der Waals surface area contributed by atoms with Crippen LogP contribution >= 0.6 is 0 Å². The van der Waals surface area contributed by atoms with Crippen molar-refractivity contribution in [3.8, 4) is 0 Å². The van der Waals surface area contributed by atoms with Gasteiger partial charge in [0, 0.05) is 69.9 Å². The van der Waals surface area contributed by atoms with Gasteiger partial charge in [0.15, 0.2) is 0 Å². The molecule has 0 aliphatic carbocycles. The predicted octanol–water partition coefficient (Wildman–Crippen LogP) is 1.95. The zero-order valence-electron chi connectivity index (χ0n) is 36.7. The van der Waals surface area contributed by atoms with Crippen molar-refractivity contribution < 1.29 is 38.2 Å². The first-order chi connectivity index (χ1) is 27.1. The van der Waals surface area contributed by atoms with E-state index in [1.54, 1.807) is 58.9 Å². The number of likely N-dealkylation sites (N-methyl/N-ethyl adjacent to an activating group) is 1. The first-order valence-electron chi connectivity index (χ1n) is 20.2. The number of ether oxygens (including phenoxy) is 2. The lowest BCUT2D eigenvalue weighted by molar-refractivity contribution is -0.154. The maximum atomic E-state index is 13.5. The van der Waals surface area contributed by atoms with Gasteiger partial charge in [0.1, 0.15) is 18.7 Å². The van der Waals surface area contributed by atoms with E-state index in [9.17, 15) is 28.8 Å². The van der Waals surface area contributed by atoms with Gasteiger partial charge >= 0.3 is 12.0 Å². The molecular formula is C41H73N9O8. The largest absolute Gasteiger partial charge is 0.460 e. The number of hydrogen-bond donors (Lipinski definition) is 7. The minimum absolute atomic E-state index is 0.0321. The first-order valence-corrected chi connectivity index (χ1v) is 20.2. The quantitative estimate of drug-likeness (QED) is 0.0502. The van der Waals surface area contributed by atoms with Crippen LogP contribution in [0.1, 0.15) is 86.6 Å². The number of primary amides is 1. The number of rotatable bonds is 27. The third-order valence-corrected chi connectivity index (χ3v) is 8.72. The summed E-state index contributed by atoms with van der Waals surface area (Å²) in [6.07, 6.45) is 0.619. The Hall–Kier alpha value is -4.32. The molecule has 1 aromatic carbocycles. The van der Waals surface area contributed by atoms with Crippen LogP contribution in [0.15, 0.2) is 24.3 Å². The number of nitrogens with zero attached hydrogens (tertiary/aromatic N) is 2. The van der Waals surface area contributed by atoms with Gasteiger partial charge in [-0.2, -0.15) is 0 Å². The summed E-state index contributed by atoms with van der Waals surface area (Å²) in [5.74, 6) is -2.26. The molecule has 2 unspecified atom stereocenters. The van der Waals surface area contributed by atoms with E-state index in [2.05, 4.69) is 62.5 Å². The Morgan fingerprint density at radius 2 is 1.38 bits per heavy atom. The number of urea groups is 1. The van der Waals surface area contributed by atoms with Crippen molar-refractivity contribution in [1.82, 2.24) is 36.4 Å². The average Bonchev–Trinajstić information content (AvgIpc) is 3.11. The standard InChI is InChI=1S/C41H73N9O8/c1-29(2)35(48-34(52)18-27-57-26-17-33(51)43-20-22-50(25-24-49(9)10)23-21-45-41(6,7)8)37(54)47-32(12-11-19-44-39(42)56)36(53)46-31-15-13-30(14-16-31)28-58-38(55)40(3,4)5/h13-16,29,32,35,45H,11-12,17-28H2,1-10H3,(H,43,51)(H,46,53)(H,47,54)(H,48,52)(H3,42,44,56). The maximum absolute atomic E-state index is 13.5. The number of anilines is 1.